The number of carbonyl (C=O) groups is 1. The number of methoxy groups -OCH3 is 1. The summed E-state index contributed by atoms with van der Waals surface area (Å²) >= 11 is 0. The lowest BCUT2D eigenvalue weighted by molar-refractivity contribution is 0.0749. The van der Waals surface area contributed by atoms with Gasteiger partial charge in [-0.25, -0.2) is 0 Å². The van der Waals surface area contributed by atoms with Crippen molar-refractivity contribution in [2.75, 3.05) is 20.2 Å². The molecule has 1 amide bonds. The van der Waals surface area contributed by atoms with Crippen LogP contribution in [-0.4, -0.2) is 31.0 Å². The summed E-state index contributed by atoms with van der Waals surface area (Å²) in [5.74, 6) is -0.114. The fourth-order valence-corrected chi connectivity index (χ4v) is 3.14. The summed E-state index contributed by atoms with van der Waals surface area (Å²) in [7, 11) is 1.39. The van der Waals surface area contributed by atoms with Crippen LogP contribution < -0.4 is 10.2 Å². The molecule has 1 aromatic carbocycles. The summed E-state index contributed by atoms with van der Waals surface area (Å²) in [6.45, 7) is 5.46. The maximum absolute atomic E-state index is 12.6. The van der Waals surface area contributed by atoms with Crippen LogP contribution in [0.15, 0.2) is 45.8 Å². The van der Waals surface area contributed by atoms with Gasteiger partial charge in [0.25, 0.3) is 5.91 Å². The number of hydrogen-bond acceptors (Lipinski definition) is 4. The molecule has 3 rings (SSSR count). The van der Waals surface area contributed by atoms with Crippen LogP contribution in [0, 0.1) is 6.92 Å². The zero-order valence-corrected chi connectivity index (χ0v) is 14.2. The van der Waals surface area contributed by atoms with Crippen molar-refractivity contribution in [2.24, 2.45) is 0 Å². The zero-order valence-electron chi connectivity index (χ0n) is 14.2. The molecule has 2 aromatic rings. The minimum absolute atomic E-state index is 0.0500. The number of ether oxygens (including phenoxy) is 1. The molecular weight excluding hydrogens is 306 g/mol. The fraction of sp³-hybridized carbons (Fsp3) is 0.368. The molecule has 0 aliphatic carbocycles. The molecule has 0 saturated carbocycles. The topological polar surface area (TPSA) is 59.8 Å². The lowest BCUT2D eigenvalue weighted by atomic mass is 9.81. The molecule has 0 N–H and O–H groups in total. The Morgan fingerprint density at radius 2 is 2.00 bits per heavy atom. The van der Waals surface area contributed by atoms with Crippen LogP contribution in [0.3, 0.4) is 0 Å². The summed E-state index contributed by atoms with van der Waals surface area (Å²) in [4.78, 5) is 26.2. The number of hydrogen-bond donors (Lipinski definition) is 0. The molecule has 0 bridgehead atoms. The van der Waals surface area contributed by atoms with Gasteiger partial charge in [-0.05, 0) is 18.9 Å². The van der Waals surface area contributed by atoms with Crippen LogP contribution >= 0.6 is 0 Å². The van der Waals surface area contributed by atoms with Crippen molar-refractivity contribution in [3.8, 4) is 5.75 Å². The average Bonchev–Trinajstić information content (AvgIpc) is 2.98. The molecular formula is C19H21NO4. The molecule has 1 saturated heterocycles. The summed E-state index contributed by atoms with van der Waals surface area (Å²) in [6, 6.07) is 9.62. The molecule has 0 spiro atoms. The van der Waals surface area contributed by atoms with E-state index < -0.39 is 0 Å². The van der Waals surface area contributed by atoms with Gasteiger partial charge in [0.2, 0.25) is 11.2 Å². The molecule has 1 aliphatic heterocycles. The Bertz CT molecular complexity index is 809. The van der Waals surface area contributed by atoms with Crippen molar-refractivity contribution in [1.29, 1.82) is 0 Å². The first kappa shape index (κ1) is 16.3. The van der Waals surface area contributed by atoms with Gasteiger partial charge in [-0.15, -0.1) is 0 Å². The number of carbonyl (C=O) groups excluding carboxylic acids is 1. The van der Waals surface area contributed by atoms with Crippen LogP contribution in [-0.2, 0) is 5.41 Å². The lowest BCUT2D eigenvalue weighted by Crippen LogP contribution is -2.33. The van der Waals surface area contributed by atoms with Crippen molar-refractivity contribution in [1.82, 2.24) is 4.90 Å². The number of likely N-dealkylation sites (tertiary alicyclic amines) is 1. The largest absolute Gasteiger partial charge is 0.490 e. The van der Waals surface area contributed by atoms with E-state index in [1.165, 1.54) is 30.6 Å². The van der Waals surface area contributed by atoms with Crippen LogP contribution in [0.5, 0.6) is 5.75 Å². The van der Waals surface area contributed by atoms with Crippen LogP contribution in [0.25, 0.3) is 0 Å². The Morgan fingerprint density at radius 3 is 2.62 bits per heavy atom. The van der Waals surface area contributed by atoms with Gasteiger partial charge in [-0.1, -0.05) is 36.8 Å². The van der Waals surface area contributed by atoms with Gasteiger partial charge in [0.05, 0.1) is 7.11 Å². The minimum Gasteiger partial charge on any atom is -0.490 e. The van der Waals surface area contributed by atoms with E-state index in [4.69, 9.17) is 9.15 Å². The number of aryl methyl sites for hydroxylation is 1. The van der Waals surface area contributed by atoms with Crippen molar-refractivity contribution in [3.05, 3.63) is 63.7 Å². The number of rotatable bonds is 3. The van der Waals surface area contributed by atoms with E-state index in [9.17, 15) is 9.59 Å². The maximum Gasteiger partial charge on any atom is 0.289 e. The number of amides is 1. The highest BCUT2D eigenvalue weighted by Crippen LogP contribution is 2.34. The van der Waals surface area contributed by atoms with E-state index in [0.717, 1.165) is 6.42 Å². The third-order valence-corrected chi connectivity index (χ3v) is 4.74. The Labute approximate surface area is 140 Å². The van der Waals surface area contributed by atoms with Gasteiger partial charge in [0.15, 0.2) is 5.76 Å². The Morgan fingerprint density at radius 1 is 1.29 bits per heavy atom. The molecule has 1 atom stereocenters. The van der Waals surface area contributed by atoms with E-state index in [-0.39, 0.29) is 28.3 Å². The Balaban J connectivity index is 1.79. The summed E-state index contributed by atoms with van der Waals surface area (Å²) in [5.41, 5.74) is 2.00. The van der Waals surface area contributed by atoms with E-state index in [1.807, 2.05) is 0 Å². The van der Waals surface area contributed by atoms with Gasteiger partial charge in [0, 0.05) is 24.6 Å². The third kappa shape index (κ3) is 2.94. The normalized spacial score (nSPS) is 20.2. The predicted molar refractivity (Wildman–Crippen MR) is 90.6 cm³/mol. The second-order valence-electron chi connectivity index (χ2n) is 6.58. The van der Waals surface area contributed by atoms with Gasteiger partial charge >= 0.3 is 0 Å². The Hall–Kier alpha value is -2.56. The van der Waals surface area contributed by atoms with Crippen molar-refractivity contribution < 1.29 is 13.9 Å². The molecule has 5 heteroatoms. The molecule has 2 heterocycles. The van der Waals surface area contributed by atoms with Gasteiger partial charge in [-0.3, -0.25) is 9.59 Å². The van der Waals surface area contributed by atoms with E-state index in [1.54, 1.807) is 4.90 Å². The highest BCUT2D eigenvalue weighted by atomic mass is 16.5. The summed E-state index contributed by atoms with van der Waals surface area (Å²) in [5, 5.41) is 0. The standard InChI is InChI=1S/C19H21NO4/c1-13-4-6-14(7-5-13)19(2)8-9-20(12-19)18(22)16-10-15(21)17(23-3)11-24-16/h4-7,10-11H,8-9,12H2,1-3H3. The molecule has 24 heavy (non-hydrogen) atoms. The first-order chi connectivity index (χ1) is 11.4. The zero-order chi connectivity index (χ0) is 17.3. The van der Waals surface area contributed by atoms with E-state index in [2.05, 4.69) is 38.1 Å². The summed E-state index contributed by atoms with van der Waals surface area (Å²) in [6.07, 6.45) is 2.06. The predicted octanol–water partition coefficient (Wildman–Crippen LogP) is 2.76. The maximum atomic E-state index is 12.6. The van der Waals surface area contributed by atoms with Gasteiger partial charge < -0.3 is 14.1 Å². The lowest BCUT2D eigenvalue weighted by Gasteiger charge is -2.25. The highest BCUT2D eigenvalue weighted by molar-refractivity contribution is 5.91. The van der Waals surface area contributed by atoms with Crippen molar-refractivity contribution in [3.63, 3.8) is 0 Å². The Kier molecular flexibility index (Phi) is 4.18. The van der Waals surface area contributed by atoms with Crippen LogP contribution in [0.1, 0.15) is 35.0 Å². The highest BCUT2D eigenvalue weighted by Gasteiger charge is 2.38. The van der Waals surface area contributed by atoms with Crippen molar-refractivity contribution in [2.45, 2.75) is 25.7 Å². The number of benzene rings is 1. The third-order valence-electron chi connectivity index (χ3n) is 4.74. The second kappa shape index (κ2) is 6.15. The molecule has 1 unspecified atom stereocenters. The van der Waals surface area contributed by atoms with E-state index in [0.29, 0.717) is 13.1 Å². The number of nitrogens with zero attached hydrogens (tertiary/aromatic N) is 1. The first-order valence-electron chi connectivity index (χ1n) is 7.96. The molecule has 1 fully saturated rings. The molecule has 126 valence electrons. The quantitative estimate of drug-likeness (QED) is 0.870. The van der Waals surface area contributed by atoms with E-state index >= 15 is 0 Å². The fourth-order valence-electron chi connectivity index (χ4n) is 3.14. The second-order valence-corrected chi connectivity index (χ2v) is 6.58. The van der Waals surface area contributed by atoms with Gasteiger partial charge in [0.1, 0.15) is 6.26 Å². The van der Waals surface area contributed by atoms with Crippen LogP contribution in [0.2, 0.25) is 0 Å². The van der Waals surface area contributed by atoms with Crippen molar-refractivity contribution >= 4 is 5.91 Å². The molecule has 1 aliphatic rings. The molecule has 0 radical (unpaired) electrons. The average molecular weight is 327 g/mol. The molecule has 1 aromatic heterocycles. The SMILES string of the molecule is COc1coc(C(=O)N2CCC(C)(c3ccc(C)cc3)C2)cc1=O. The summed E-state index contributed by atoms with van der Waals surface area (Å²) < 4.78 is 10.2. The smallest absolute Gasteiger partial charge is 0.289 e. The molecule has 5 nitrogen and oxygen atoms in total. The monoisotopic (exact) mass is 327 g/mol. The van der Waals surface area contributed by atoms with Gasteiger partial charge in [-0.2, -0.15) is 0 Å². The minimum atomic E-state index is -0.354. The first-order valence-corrected chi connectivity index (χ1v) is 7.96. The van der Waals surface area contributed by atoms with Crippen LogP contribution in [0.4, 0.5) is 0 Å².